The van der Waals surface area contributed by atoms with Gasteiger partial charge in [0.05, 0.1) is 6.20 Å². The highest BCUT2D eigenvalue weighted by Gasteiger charge is 2.14. The average molecular weight is 232 g/mol. The molecule has 3 heteroatoms. The van der Waals surface area contributed by atoms with Gasteiger partial charge in [0, 0.05) is 12.6 Å². The summed E-state index contributed by atoms with van der Waals surface area (Å²) >= 11 is 0. The Labute approximate surface area is 101 Å². The number of benzene rings is 1. The van der Waals surface area contributed by atoms with Crippen LogP contribution in [0.15, 0.2) is 30.5 Å². The second-order valence-corrected chi connectivity index (χ2v) is 4.36. The highest BCUT2D eigenvalue weighted by molar-refractivity contribution is 5.61. The first kappa shape index (κ1) is 11.8. The molecular weight excluding hydrogens is 215 g/mol. The largest absolute Gasteiger partial charge is 0.304 e. The van der Waals surface area contributed by atoms with Crippen LogP contribution in [0.4, 0.5) is 4.39 Å². The predicted molar refractivity (Wildman–Crippen MR) is 67.3 cm³/mol. The molecule has 0 saturated carbocycles. The summed E-state index contributed by atoms with van der Waals surface area (Å²) < 4.78 is 14.8. The molecule has 0 bridgehead atoms. The quantitative estimate of drug-likeness (QED) is 0.788. The third-order valence-corrected chi connectivity index (χ3v) is 3.28. The van der Waals surface area contributed by atoms with Crippen LogP contribution in [0.3, 0.4) is 0 Å². The predicted octanol–water partition coefficient (Wildman–Crippen LogP) is 3.74. The van der Waals surface area contributed by atoms with Crippen LogP contribution in [0.1, 0.15) is 31.7 Å². The molecule has 2 rings (SSSR count). The van der Waals surface area contributed by atoms with Gasteiger partial charge in [0.25, 0.3) is 0 Å². The highest BCUT2D eigenvalue weighted by atomic mass is 19.1. The van der Waals surface area contributed by atoms with Crippen molar-refractivity contribution < 1.29 is 4.39 Å². The Morgan fingerprint density at radius 2 is 2.06 bits per heavy atom. The van der Waals surface area contributed by atoms with E-state index in [1.807, 2.05) is 18.2 Å². The number of aromatic nitrogens is 2. The number of nitrogens with zero attached hydrogens (tertiary/aromatic N) is 2. The van der Waals surface area contributed by atoms with Crippen LogP contribution < -0.4 is 0 Å². The van der Waals surface area contributed by atoms with Crippen LogP contribution in [0.2, 0.25) is 0 Å². The first-order valence-electron chi connectivity index (χ1n) is 5.91. The second kappa shape index (κ2) is 4.70. The lowest BCUT2D eigenvalue weighted by Gasteiger charge is -2.14. The molecule has 1 aromatic carbocycles. The molecule has 0 spiro atoms. The molecule has 2 nitrogen and oxygen atoms in total. The number of rotatable bonds is 3. The molecule has 0 amide bonds. The first-order chi connectivity index (χ1) is 8.15. The van der Waals surface area contributed by atoms with Crippen molar-refractivity contribution in [3.05, 3.63) is 42.0 Å². The zero-order valence-corrected chi connectivity index (χ0v) is 10.4. The molecule has 0 saturated heterocycles. The van der Waals surface area contributed by atoms with Crippen LogP contribution in [0.5, 0.6) is 0 Å². The summed E-state index contributed by atoms with van der Waals surface area (Å²) in [5.74, 6) is 0.836. The third-order valence-electron chi connectivity index (χ3n) is 3.28. The molecule has 1 heterocycles. The van der Waals surface area contributed by atoms with Crippen molar-refractivity contribution in [1.82, 2.24) is 9.55 Å². The Bertz CT molecular complexity index is 517. The van der Waals surface area contributed by atoms with E-state index in [9.17, 15) is 4.39 Å². The fraction of sp³-hybridized carbons (Fsp3) is 0.357. The van der Waals surface area contributed by atoms with Crippen molar-refractivity contribution in [3.8, 4) is 11.4 Å². The maximum absolute atomic E-state index is 13.3. The summed E-state index contributed by atoms with van der Waals surface area (Å²) in [5.41, 5.74) is 2.25. The molecule has 1 atom stereocenters. The molecule has 2 aromatic rings. The molecule has 0 aliphatic heterocycles. The van der Waals surface area contributed by atoms with Crippen LogP contribution in [-0.2, 0) is 7.05 Å². The van der Waals surface area contributed by atoms with Crippen molar-refractivity contribution in [3.63, 3.8) is 0 Å². The molecular formula is C14H17FN2. The molecule has 0 radical (unpaired) electrons. The Hall–Kier alpha value is -1.64. The van der Waals surface area contributed by atoms with Gasteiger partial charge in [-0.1, -0.05) is 38.1 Å². The van der Waals surface area contributed by atoms with E-state index in [1.165, 1.54) is 16.3 Å². The highest BCUT2D eigenvalue weighted by Crippen LogP contribution is 2.29. The van der Waals surface area contributed by atoms with Crippen molar-refractivity contribution in [2.45, 2.75) is 26.2 Å². The van der Waals surface area contributed by atoms with E-state index >= 15 is 0 Å². The molecule has 0 N–H and O–H groups in total. The Kier molecular flexibility index (Phi) is 3.27. The Balaban J connectivity index is 2.56. The van der Waals surface area contributed by atoms with Gasteiger partial charge in [0.1, 0.15) is 5.82 Å². The topological polar surface area (TPSA) is 17.8 Å². The van der Waals surface area contributed by atoms with Crippen molar-refractivity contribution in [2.24, 2.45) is 7.05 Å². The van der Waals surface area contributed by atoms with E-state index in [0.717, 1.165) is 12.0 Å². The van der Waals surface area contributed by atoms with Gasteiger partial charge < -0.3 is 4.57 Å². The van der Waals surface area contributed by atoms with Crippen molar-refractivity contribution in [1.29, 1.82) is 0 Å². The zero-order valence-electron chi connectivity index (χ0n) is 10.4. The van der Waals surface area contributed by atoms with E-state index in [1.54, 1.807) is 7.05 Å². The van der Waals surface area contributed by atoms with Crippen LogP contribution in [0, 0.1) is 5.95 Å². The van der Waals surface area contributed by atoms with Gasteiger partial charge in [-0.2, -0.15) is 4.39 Å². The summed E-state index contributed by atoms with van der Waals surface area (Å²) in [4.78, 5) is 4.15. The summed E-state index contributed by atoms with van der Waals surface area (Å²) in [6, 6.07) is 8.08. The summed E-state index contributed by atoms with van der Waals surface area (Å²) in [7, 11) is 1.70. The minimum atomic E-state index is -0.307. The van der Waals surface area contributed by atoms with Crippen molar-refractivity contribution in [2.75, 3.05) is 0 Å². The molecule has 17 heavy (non-hydrogen) atoms. The lowest BCUT2D eigenvalue weighted by Crippen LogP contribution is -2.00. The summed E-state index contributed by atoms with van der Waals surface area (Å²) in [6.45, 7) is 4.33. The second-order valence-electron chi connectivity index (χ2n) is 4.36. The number of imidazole rings is 1. The molecule has 1 unspecified atom stereocenters. The van der Waals surface area contributed by atoms with E-state index in [0.29, 0.717) is 11.7 Å². The van der Waals surface area contributed by atoms with Crippen LogP contribution in [0.25, 0.3) is 11.4 Å². The van der Waals surface area contributed by atoms with Gasteiger partial charge in [-0.3, -0.25) is 0 Å². The smallest absolute Gasteiger partial charge is 0.213 e. The fourth-order valence-corrected chi connectivity index (χ4v) is 1.99. The maximum atomic E-state index is 13.3. The zero-order chi connectivity index (χ0) is 12.4. The van der Waals surface area contributed by atoms with Gasteiger partial charge in [-0.05, 0) is 17.9 Å². The molecule has 1 aromatic heterocycles. The van der Waals surface area contributed by atoms with Crippen LogP contribution in [-0.4, -0.2) is 9.55 Å². The maximum Gasteiger partial charge on any atom is 0.213 e. The minimum absolute atomic E-state index is 0.307. The van der Waals surface area contributed by atoms with Gasteiger partial charge in [-0.15, -0.1) is 0 Å². The molecule has 90 valence electrons. The fourth-order valence-electron chi connectivity index (χ4n) is 1.99. The SMILES string of the molecule is CCC(C)c1ccccc1-c1ncc(F)n1C. The number of hydrogen-bond donors (Lipinski definition) is 0. The Morgan fingerprint density at radius 3 is 2.65 bits per heavy atom. The molecule has 0 aliphatic carbocycles. The van der Waals surface area contributed by atoms with Gasteiger partial charge in [0.2, 0.25) is 5.95 Å². The summed E-state index contributed by atoms with van der Waals surface area (Å²) in [5, 5.41) is 0. The monoisotopic (exact) mass is 232 g/mol. The number of hydrogen-bond acceptors (Lipinski definition) is 1. The van der Waals surface area contributed by atoms with E-state index in [4.69, 9.17) is 0 Å². The lowest BCUT2D eigenvalue weighted by molar-refractivity contribution is 0.537. The third kappa shape index (κ3) is 2.09. The van der Waals surface area contributed by atoms with Gasteiger partial charge in [-0.25, -0.2) is 4.98 Å². The molecule has 0 aliphatic rings. The standard InChI is InChI=1S/C14H17FN2/c1-4-10(2)11-7-5-6-8-12(11)14-16-9-13(15)17(14)3/h5-10H,4H2,1-3H3. The average Bonchev–Trinajstić information content (AvgIpc) is 2.69. The van der Waals surface area contributed by atoms with Crippen LogP contribution >= 0.6 is 0 Å². The lowest BCUT2D eigenvalue weighted by atomic mass is 9.93. The van der Waals surface area contributed by atoms with Gasteiger partial charge >= 0.3 is 0 Å². The minimum Gasteiger partial charge on any atom is -0.304 e. The first-order valence-corrected chi connectivity index (χ1v) is 5.91. The van der Waals surface area contributed by atoms with Crippen molar-refractivity contribution >= 4 is 0 Å². The van der Waals surface area contributed by atoms with E-state index in [-0.39, 0.29) is 5.95 Å². The van der Waals surface area contributed by atoms with E-state index in [2.05, 4.69) is 24.9 Å². The Morgan fingerprint density at radius 1 is 1.35 bits per heavy atom. The summed E-state index contributed by atoms with van der Waals surface area (Å²) in [6.07, 6.45) is 2.33. The number of halogens is 1. The molecule has 0 fully saturated rings. The normalized spacial score (nSPS) is 12.7. The van der Waals surface area contributed by atoms with Gasteiger partial charge in [0.15, 0.2) is 0 Å². The van der Waals surface area contributed by atoms with E-state index < -0.39 is 0 Å².